The van der Waals surface area contributed by atoms with Crippen LogP contribution in [0.25, 0.3) is 0 Å². The van der Waals surface area contributed by atoms with E-state index in [1.165, 1.54) is 25.7 Å². The molecule has 1 aliphatic heterocycles. The van der Waals surface area contributed by atoms with Crippen LogP contribution in [0.1, 0.15) is 46.5 Å². The molecule has 0 bridgehead atoms. The van der Waals surface area contributed by atoms with E-state index >= 15 is 0 Å². The summed E-state index contributed by atoms with van der Waals surface area (Å²) in [5, 5.41) is 6.97. The summed E-state index contributed by atoms with van der Waals surface area (Å²) in [5.74, 6) is 0.978. The van der Waals surface area contributed by atoms with Gasteiger partial charge in [-0.2, -0.15) is 0 Å². The number of morpholine rings is 1. The minimum absolute atomic E-state index is 0.0851. The minimum atomic E-state index is 0.0851. The first-order chi connectivity index (χ1) is 10.1. The zero-order valence-electron chi connectivity index (χ0n) is 14.0. The second-order valence-electron chi connectivity index (χ2n) is 6.73. The van der Waals surface area contributed by atoms with Gasteiger partial charge in [0.2, 0.25) is 0 Å². The molecule has 1 aliphatic carbocycles. The van der Waals surface area contributed by atoms with E-state index in [0.29, 0.717) is 6.04 Å². The third kappa shape index (κ3) is 5.15. The van der Waals surface area contributed by atoms with Gasteiger partial charge in [0.15, 0.2) is 5.96 Å². The van der Waals surface area contributed by atoms with E-state index in [4.69, 9.17) is 9.73 Å². The van der Waals surface area contributed by atoms with Crippen molar-refractivity contribution in [2.75, 3.05) is 39.4 Å². The zero-order chi connectivity index (χ0) is 15.1. The third-order valence-corrected chi connectivity index (χ3v) is 4.53. The molecule has 0 aromatic rings. The lowest BCUT2D eigenvalue weighted by Gasteiger charge is -2.40. The van der Waals surface area contributed by atoms with Crippen LogP contribution in [0, 0.1) is 0 Å². The van der Waals surface area contributed by atoms with Gasteiger partial charge in [0.05, 0.1) is 19.8 Å². The van der Waals surface area contributed by atoms with Crippen LogP contribution in [-0.2, 0) is 4.74 Å². The average molecular weight is 296 g/mol. The molecule has 0 aromatic carbocycles. The molecule has 0 amide bonds. The minimum Gasteiger partial charge on any atom is -0.379 e. The second kappa shape index (κ2) is 7.99. The number of nitrogens with one attached hydrogen (secondary N) is 2. The van der Waals surface area contributed by atoms with Gasteiger partial charge in [-0.1, -0.05) is 12.8 Å². The van der Waals surface area contributed by atoms with Crippen LogP contribution in [0.4, 0.5) is 0 Å². The highest BCUT2D eigenvalue weighted by Crippen LogP contribution is 2.18. The van der Waals surface area contributed by atoms with E-state index in [-0.39, 0.29) is 5.54 Å². The summed E-state index contributed by atoms with van der Waals surface area (Å²) in [4.78, 5) is 7.32. The van der Waals surface area contributed by atoms with Gasteiger partial charge in [0, 0.05) is 31.2 Å². The molecule has 2 fully saturated rings. The van der Waals surface area contributed by atoms with Crippen molar-refractivity contribution in [3.05, 3.63) is 0 Å². The van der Waals surface area contributed by atoms with E-state index in [9.17, 15) is 0 Å². The molecule has 2 aliphatic rings. The first-order valence-corrected chi connectivity index (χ1v) is 8.49. The molecular weight excluding hydrogens is 264 g/mol. The maximum absolute atomic E-state index is 5.45. The highest BCUT2D eigenvalue weighted by molar-refractivity contribution is 5.80. The number of aliphatic imine (C=N–C) groups is 1. The summed E-state index contributed by atoms with van der Waals surface area (Å²) < 4.78 is 5.45. The van der Waals surface area contributed by atoms with Gasteiger partial charge >= 0.3 is 0 Å². The van der Waals surface area contributed by atoms with Crippen LogP contribution < -0.4 is 10.6 Å². The Morgan fingerprint density at radius 3 is 2.52 bits per heavy atom. The fraction of sp³-hybridized carbons (Fsp3) is 0.938. The van der Waals surface area contributed by atoms with Crippen molar-refractivity contribution >= 4 is 5.96 Å². The molecule has 1 saturated carbocycles. The normalized spacial score (nSPS) is 22.5. The van der Waals surface area contributed by atoms with Crippen molar-refractivity contribution in [3.63, 3.8) is 0 Å². The molecule has 5 nitrogen and oxygen atoms in total. The van der Waals surface area contributed by atoms with Gasteiger partial charge in [0.1, 0.15) is 0 Å². The topological polar surface area (TPSA) is 48.9 Å². The third-order valence-electron chi connectivity index (χ3n) is 4.53. The average Bonchev–Trinajstić information content (AvgIpc) is 2.99. The molecule has 21 heavy (non-hydrogen) atoms. The molecule has 1 heterocycles. The maximum Gasteiger partial charge on any atom is 0.191 e. The highest BCUT2D eigenvalue weighted by atomic mass is 16.5. The number of hydrogen-bond donors (Lipinski definition) is 2. The Morgan fingerprint density at radius 2 is 1.90 bits per heavy atom. The Morgan fingerprint density at radius 1 is 1.24 bits per heavy atom. The molecule has 122 valence electrons. The summed E-state index contributed by atoms with van der Waals surface area (Å²) in [6, 6.07) is 0.606. The first-order valence-electron chi connectivity index (χ1n) is 8.49. The van der Waals surface area contributed by atoms with Crippen LogP contribution in [-0.4, -0.2) is 61.8 Å². The summed E-state index contributed by atoms with van der Waals surface area (Å²) in [6.45, 7) is 12.1. The van der Waals surface area contributed by atoms with E-state index in [0.717, 1.165) is 45.4 Å². The second-order valence-corrected chi connectivity index (χ2v) is 6.73. The van der Waals surface area contributed by atoms with Crippen LogP contribution >= 0.6 is 0 Å². The number of hydrogen-bond acceptors (Lipinski definition) is 3. The molecule has 2 N–H and O–H groups in total. The smallest absolute Gasteiger partial charge is 0.191 e. The maximum atomic E-state index is 5.45. The first kappa shape index (κ1) is 16.6. The SMILES string of the molecule is CCNC(=NCC(C)(C)N1CCOCC1)NC1CCCC1. The van der Waals surface area contributed by atoms with Gasteiger partial charge in [-0.05, 0) is 33.6 Å². The lowest BCUT2D eigenvalue weighted by atomic mass is 10.0. The quantitative estimate of drug-likeness (QED) is 0.597. The summed E-state index contributed by atoms with van der Waals surface area (Å²) in [5.41, 5.74) is 0.0851. The van der Waals surface area contributed by atoms with Crippen molar-refractivity contribution in [1.29, 1.82) is 0 Å². The van der Waals surface area contributed by atoms with Crippen LogP contribution in [0.2, 0.25) is 0 Å². The fourth-order valence-electron chi connectivity index (χ4n) is 3.12. The molecular formula is C16H32N4O. The molecule has 5 heteroatoms. The summed E-state index contributed by atoms with van der Waals surface area (Å²) in [7, 11) is 0. The number of nitrogens with zero attached hydrogens (tertiary/aromatic N) is 2. The Kier molecular flexibility index (Phi) is 6.30. The number of rotatable bonds is 5. The van der Waals surface area contributed by atoms with Crippen LogP contribution in [0.3, 0.4) is 0 Å². The highest BCUT2D eigenvalue weighted by Gasteiger charge is 2.28. The van der Waals surface area contributed by atoms with Crippen molar-refractivity contribution in [1.82, 2.24) is 15.5 Å². The largest absolute Gasteiger partial charge is 0.379 e. The number of guanidine groups is 1. The van der Waals surface area contributed by atoms with Crippen LogP contribution in [0.5, 0.6) is 0 Å². The monoisotopic (exact) mass is 296 g/mol. The van der Waals surface area contributed by atoms with Crippen molar-refractivity contribution in [2.24, 2.45) is 4.99 Å². The Bertz CT molecular complexity index is 331. The van der Waals surface area contributed by atoms with Gasteiger partial charge in [-0.15, -0.1) is 0 Å². The molecule has 0 unspecified atom stereocenters. The van der Waals surface area contributed by atoms with E-state index in [1.807, 2.05) is 0 Å². The van der Waals surface area contributed by atoms with Crippen molar-refractivity contribution in [2.45, 2.75) is 58.0 Å². The predicted molar refractivity (Wildman–Crippen MR) is 87.8 cm³/mol. The summed E-state index contributed by atoms with van der Waals surface area (Å²) in [6.07, 6.45) is 5.24. The molecule has 2 rings (SSSR count). The molecule has 1 saturated heterocycles. The zero-order valence-corrected chi connectivity index (χ0v) is 14.0. The lowest BCUT2D eigenvalue weighted by Crippen LogP contribution is -2.52. The van der Waals surface area contributed by atoms with Crippen molar-refractivity contribution < 1.29 is 4.74 Å². The fourth-order valence-corrected chi connectivity index (χ4v) is 3.12. The van der Waals surface area contributed by atoms with Crippen LogP contribution in [0.15, 0.2) is 4.99 Å². The molecule has 0 radical (unpaired) electrons. The number of ether oxygens (including phenoxy) is 1. The Hall–Kier alpha value is -0.810. The predicted octanol–water partition coefficient (Wildman–Crippen LogP) is 1.59. The molecule has 0 atom stereocenters. The Balaban J connectivity index is 1.89. The van der Waals surface area contributed by atoms with E-state index in [2.05, 4.69) is 36.3 Å². The molecule has 0 aromatic heterocycles. The van der Waals surface area contributed by atoms with Gasteiger partial charge < -0.3 is 15.4 Å². The van der Waals surface area contributed by atoms with Gasteiger partial charge in [-0.3, -0.25) is 9.89 Å². The standard InChI is InChI=1S/C16H32N4O/c1-4-17-15(19-14-7-5-6-8-14)18-13-16(2,3)20-9-11-21-12-10-20/h14H,4-13H2,1-3H3,(H2,17,18,19). The lowest BCUT2D eigenvalue weighted by molar-refractivity contribution is -0.00684. The molecule has 0 spiro atoms. The van der Waals surface area contributed by atoms with E-state index < -0.39 is 0 Å². The Labute approximate surface area is 129 Å². The van der Waals surface area contributed by atoms with Crippen molar-refractivity contribution in [3.8, 4) is 0 Å². The van der Waals surface area contributed by atoms with Gasteiger partial charge in [-0.25, -0.2) is 0 Å². The van der Waals surface area contributed by atoms with E-state index in [1.54, 1.807) is 0 Å². The summed E-state index contributed by atoms with van der Waals surface area (Å²) >= 11 is 0. The van der Waals surface area contributed by atoms with Gasteiger partial charge in [0.25, 0.3) is 0 Å².